The molecule has 0 saturated carbocycles. The van der Waals surface area contributed by atoms with Crippen molar-refractivity contribution in [3.8, 4) is 0 Å². The lowest BCUT2D eigenvalue weighted by Crippen LogP contribution is -2.23. The van der Waals surface area contributed by atoms with Crippen molar-refractivity contribution in [2.24, 2.45) is 0 Å². The SMILES string of the molecule is CC1=Cc2c(cccc2C(C)C)NN1. The second-order valence-electron chi connectivity index (χ2n) is 4.04. The predicted molar refractivity (Wildman–Crippen MR) is 60.9 cm³/mol. The molecule has 0 spiro atoms. The van der Waals surface area contributed by atoms with Gasteiger partial charge in [-0.2, -0.15) is 0 Å². The van der Waals surface area contributed by atoms with Gasteiger partial charge in [0.15, 0.2) is 0 Å². The number of benzene rings is 1. The van der Waals surface area contributed by atoms with E-state index < -0.39 is 0 Å². The van der Waals surface area contributed by atoms with Crippen LogP contribution < -0.4 is 10.9 Å². The van der Waals surface area contributed by atoms with E-state index in [1.54, 1.807) is 0 Å². The number of allylic oxidation sites excluding steroid dienone is 1. The van der Waals surface area contributed by atoms with Crippen LogP contribution in [0.15, 0.2) is 23.9 Å². The van der Waals surface area contributed by atoms with Crippen LogP contribution in [0.4, 0.5) is 5.69 Å². The lowest BCUT2D eigenvalue weighted by molar-refractivity contribution is 0.857. The van der Waals surface area contributed by atoms with Gasteiger partial charge in [-0.05, 0) is 30.5 Å². The Bertz CT molecular complexity index is 378. The van der Waals surface area contributed by atoms with Crippen LogP contribution >= 0.6 is 0 Å². The van der Waals surface area contributed by atoms with Crippen molar-refractivity contribution in [1.29, 1.82) is 0 Å². The molecular weight excluding hydrogens is 172 g/mol. The molecule has 1 aromatic rings. The summed E-state index contributed by atoms with van der Waals surface area (Å²) in [6.45, 7) is 6.51. The van der Waals surface area contributed by atoms with Crippen molar-refractivity contribution in [2.75, 3.05) is 5.43 Å². The van der Waals surface area contributed by atoms with Crippen LogP contribution in [0.5, 0.6) is 0 Å². The summed E-state index contributed by atoms with van der Waals surface area (Å²) in [7, 11) is 0. The maximum absolute atomic E-state index is 3.19. The molecular formula is C12H16N2. The number of anilines is 1. The molecule has 1 aliphatic heterocycles. The largest absolute Gasteiger partial charge is 0.305 e. The average molecular weight is 188 g/mol. The minimum Gasteiger partial charge on any atom is -0.305 e. The van der Waals surface area contributed by atoms with Crippen molar-refractivity contribution < 1.29 is 0 Å². The molecule has 0 bridgehead atoms. The van der Waals surface area contributed by atoms with E-state index in [9.17, 15) is 0 Å². The van der Waals surface area contributed by atoms with Gasteiger partial charge in [-0.25, -0.2) is 0 Å². The topological polar surface area (TPSA) is 24.1 Å². The van der Waals surface area contributed by atoms with Gasteiger partial charge in [0.2, 0.25) is 0 Å². The Morgan fingerprint density at radius 1 is 1.14 bits per heavy atom. The van der Waals surface area contributed by atoms with Gasteiger partial charge in [-0.3, -0.25) is 0 Å². The quantitative estimate of drug-likeness (QED) is 0.707. The highest BCUT2D eigenvalue weighted by atomic mass is 15.4. The van der Waals surface area contributed by atoms with Gasteiger partial charge in [0.1, 0.15) is 0 Å². The summed E-state index contributed by atoms with van der Waals surface area (Å²) in [6.07, 6.45) is 2.20. The Hall–Kier alpha value is -1.44. The fourth-order valence-electron chi connectivity index (χ4n) is 1.78. The summed E-state index contributed by atoms with van der Waals surface area (Å²) in [4.78, 5) is 0. The summed E-state index contributed by atoms with van der Waals surface area (Å²) in [5.74, 6) is 0.564. The molecule has 2 N–H and O–H groups in total. The van der Waals surface area contributed by atoms with E-state index in [4.69, 9.17) is 0 Å². The van der Waals surface area contributed by atoms with Crippen LogP contribution in [0.2, 0.25) is 0 Å². The zero-order valence-electron chi connectivity index (χ0n) is 8.89. The fourth-order valence-corrected chi connectivity index (χ4v) is 1.78. The molecule has 0 unspecified atom stereocenters. The van der Waals surface area contributed by atoms with Gasteiger partial charge in [0, 0.05) is 11.3 Å². The van der Waals surface area contributed by atoms with E-state index in [0.717, 1.165) is 5.70 Å². The first-order valence-electron chi connectivity index (χ1n) is 5.01. The van der Waals surface area contributed by atoms with E-state index in [0.29, 0.717) is 5.92 Å². The Morgan fingerprint density at radius 2 is 1.93 bits per heavy atom. The lowest BCUT2D eigenvalue weighted by atomic mass is 9.95. The molecule has 0 aliphatic carbocycles. The van der Waals surface area contributed by atoms with E-state index >= 15 is 0 Å². The lowest BCUT2D eigenvalue weighted by Gasteiger charge is -2.22. The third kappa shape index (κ3) is 1.48. The molecule has 0 atom stereocenters. The summed E-state index contributed by atoms with van der Waals surface area (Å²) >= 11 is 0. The molecule has 0 aromatic heterocycles. The predicted octanol–water partition coefficient (Wildman–Crippen LogP) is 3.10. The van der Waals surface area contributed by atoms with Crippen LogP contribution in [-0.2, 0) is 0 Å². The summed E-state index contributed by atoms with van der Waals surface area (Å²) < 4.78 is 0. The first kappa shape index (κ1) is 9.13. The molecule has 74 valence electrons. The normalized spacial score (nSPS) is 14.1. The van der Waals surface area contributed by atoms with Gasteiger partial charge in [-0.1, -0.05) is 26.0 Å². The van der Waals surface area contributed by atoms with Crippen molar-refractivity contribution in [3.63, 3.8) is 0 Å². The maximum Gasteiger partial charge on any atom is 0.0615 e. The van der Waals surface area contributed by atoms with Crippen molar-refractivity contribution in [3.05, 3.63) is 35.0 Å². The fraction of sp³-hybridized carbons (Fsp3) is 0.333. The molecule has 0 saturated heterocycles. The summed E-state index contributed by atoms with van der Waals surface area (Å²) in [5, 5.41) is 0. The number of hydrazine groups is 1. The third-order valence-electron chi connectivity index (χ3n) is 2.52. The highest BCUT2D eigenvalue weighted by Gasteiger charge is 2.12. The minimum atomic E-state index is 0.564. The van der Waals surface area contributed by atoms with Gasteiger partial charge >= 0.3 is 0 Å². The number of rotatable bonds is 1. The van der Waals surface area contributed by atoms with Crippen LogP contribution in [0.3, 0.4) is 0 Å². The highest BCUT2D eigenvalue weighted by molar-refractivity contribution is 5.73. The first-order chi connectivity index (χ1) is 6.68. The zero-order valence-corrected chi connectivity index (χ0v) is 8.89. The Kier molecular flexibility index (Phi) is 2.20. The van der Waals surface area contributed by atoms with Gasteiger partial charge < -0.3 is 10.9 Å². The first-order valence-corrected chi connectivity index (χ1v) is 5.01. The van der Waals surface area contributed by atoms with Gasteiger partial charge in [0.05, 0.1) is 5.69 Å². The molecule has 2 nitrogen and oxygen atoms in total. The van der Waals surface area contributed by atoms with E-state index in [2.05, 4.69) is 55.9 Å². The number of hydrogen-bond donors (Lipinski definition) is 2. The van der Waals surface area contributed by atoms with Crippen LogP contribution in [0.1, 0.15) is 37.8 Å². The second-order valence-corrected chi connectivity index (χ2v) is 4.04. The maximum atomic E-state index is 3.19. The number of hydrogen-bond acceptors (Lipinski definition) is 2. The summed E-state index contributed by atoms with van der Waals surface area (Å²) in [5.41, 5.74) is 11.3. The monoisotopic (exact) mass is 188 g/mol. The Balaban J connectivity index is 2.56. The highest BCUT2D eigenvalue weighted by Crippen LogP contribution is 2.29. The van der Waals surface area contributed by atoms with Gasteiger partial charge in [-0.15, -0.1) is 0 Å². The second kappa shape index (κ2) is 3.37. The van der Waals surface area contributed by atoms with Crippen molar-refractivity contribution in [1.82, 2.24) is 5.43 Å². The molecule has 1 aliphatic rings. The van der Waals surface area contributed by atoms with Crippen LogP contribution in [0, 0.1) is 0 Å². The van der Waals surface area contributed by atoms with Crippen LogP contribution in [-0.4, -0.2) is 0 Å². The van der Waals surface area contributed by atoms with Crippen LogP contribution in [0.25, 0.3) is 6.08 Å². The van der Waals surface area contributed by atoms with Gasteiger partial charge in [0.25, 0.3) is 0 Å². The van der Waals surface area contributed by atoms with E-state index in [1.165, 1.54) is 16.8 Å². The number of fused-ring (bicyclic) bond motifs is 1. The van der Waals surface area contributed by atoms with Crippen molar-refractivity contribution in [2.45, 2.75) is 26.7 Å². The molecule has 1 heterocycles. The molecule has 2 rings (SSSR count). The molecule has 0 fully saturated rings. The average Bonchev–Trinajstić information content (AvgIpc) is 2.16. The van der Waals surface area contributed by atoms with E-state index in [-0.39, 0.29) is 0 Å². The van der Waals surface area contributed by atoms with Crippen molar-refractivity contribution >= 4 is 11.8 Å². The van der Waals surface area contributed by atoms with E-state index in [1.807, 2.05) is 0 Å². The third-order valence-corrected chi connectivity index (χ3v) is 2.52. The minimum absolute atomic E-state index is 0.564. The zero-order chi connectivity index (χ0) is 10.1. The standard InChI is InChI=1S/C12H16N2/c1-8(2)10-5-4-6-12-11(10)7-9(3)13-14-12/h4-8,13-14H,1-3H3. The smallest absolute Gasteiger partial charge is 0.0615 e. The summed E-state index contributed by atoms with van der Waals surface area (Å²) in [6, 6.07) is 6.38. The Labute approximate surface area is 85.0 Å². The molecule has 1 aromatic carbocycles. The Morgan fingerprint density at radius 3 is 2.64 bits per heavy atom. The molecule has 0 radical (unpaired) electrons. The molecule has 14 heavy (non-hydrogen) atoms. The molecule has 2 heteroatoms. The number of nitrogens with one attached hydrogen (secondary N) is 2. The molecule has 0 amide bonds.